The van der Waals surface area contributed by atoms with E-state index >= 15 is 0 Å². The molecule has 4 nitrogen and oxygen atoms in total. The van der Waals surface area contributed by atoms with Crippen LogP contribution in [0.25, 0.3) is 6.08 Å². The van der Waals surface area contributed by atoms with Crippen LogP contribution >= 0.6 is 0 Å². The van der Waals surface area contributed by atoms with E-state index in [-0.39, 0.29) is 17.9 Å². The predicted molar refractivity (Wildman–Crippen MR) is 101 cm³/mol. The number of rotatable bonds is 7. The fourth-order valence-electron chi connectivity index (χ4n) is 2.17. The third kappa shape index (κ3) is 6.26. The Hall–Kier alpha value is -2.88. The summed E-state index contributed by atoms with van der Waals surface area (Å²) < 4.78 is 0. The van der Waals surface area contributed by atoms with Crippen molar-refractivity contribution in [3.05, 3.63) is 77.4 Å². The van der Waals surface area contributed by atoms with Gasteiger partial charge in [-0.25, -0.2) is 0 Å². The standard InChI is InChI=1S/C21H24N2O2/c1-3-16(2)23-21(25)19-12-9-18(10-13-19)15-22-20(24)14-11-17-7-5-4-6-8-17/h4-14,16H,3,15H2,1-2H3,(H,22,24)(H,23,25). The maximum atomic E-state index is 12.0. The van der Waals surface area contributed by atoms with Crippen LogP contribution in [0.15, 0.2) is 60.7 Å². The Morgan fingerprint density at radius 1 is 1.04 bits per heavy atom. The third-order valence-electron chi connectivity index (χ3n) is 3.90. The number of hydrogen-bond donors (Lipinski definition) is 2. The molecule has 130 valence electrons. The second-order valence-corrected chi connectivity index (χ2v) is 5.94. The van der Waals surface area contributed by atoms with Gasteiger partial charge in [-0.05, 0) is 42.7 Å². The Bertz CT molecular complexity index is 721. The highest BCUT2D eigenvalue weighted by Gasteiger charge is 2.08. The summed E-state index contributed by atoms with van der Waals surface area (Å²) in [7, 11) is 0. The molecule has 1 atom stereocenters. The predicted octanol–water partition coefficient (Wildman–Crippen LogP) is 3.54. The first-order valence-electron chi connectivity index (χ1n) is 8.49. The molecule has 0 aliphatic heterocycles. The minimum atomic E-state index is -0.151. The van der Waals surface area contributed by atoms with Crippen molar-refractivity contribution in [1.82, 2.24) is 10.6 Å². The molecule has 2 aromatic carbocycles. The van der Waals surface area contributed by atoms with Crippen molar-refractivity contribution in [1.29, 1.82) is 0 Å². The van der Waals surface area contributed by atoms with E-state index in [1.807, 2.05) is 56.3 Å². The zero-order valence-electron chi connectivity index (χ0n) is 14.7. The van der Waals surface area contributed by atoms with Crippen LogP contribution in [0.5, 0.6) is 0 Å². The summed E-state index contributed by atoms with van der Waals surface area (Å²) in [6, 6.07) is 17.1. The maximum Gasteiger partial charge on any atom is 0.251 e. The molecule has 0 heterocycles. The average Bonchev–Trinajstić information content (AvgIpc) is 2.65. The Morgan fingerprint density at radius 2 is 1.72 bits per heavy atom. The number of benzene rings is 2. The third-order valence-corrected chi connectivity index (χ3v) is 3.90. The molecule has 2 amide bonds. The molecule has 0 saturated heterocycles. The van der Waals surface area contributed by atoms with Gasteiger partial charge >= 0.3 is 0 Å². The summed E-state index contributed by atoms with van der Waals surface area (Å²) >= 11 is 0. The van der Waals surface area contributed by atoms with Crippen molar-refractivity contribution in [2.45, 2.75) is 32.9 Å². The lowest BCUT2D eigenvalue weighted by atomic mass is 10.1. The quantitative estimate of drug-likeness (QED) is 0.760. The normalized spacial score (nSPS) is 11.9. The van der Waals surface area contributed by atoms with E-state index in [0.29, 0.717) is 12.1 Å². The van der Waals surface area contributed by atoms with Gasteiger partial charge in [0.2, 0.25) is 5.91 Å². The van der Waals surface area contributed by atoms with Crippen molar-refractivity contribution in [3.8, 4) is 0 Å². The fraction of sp³-hybridized carbons (Fsp3) is 0.238. The smallest absolute Gasteiger partial charge is 0.251 e. The summed E-state index contributed by atoms with van der Waals surface area (Å²) in [5, 5.41) is 5.76. The van der Waals surface area contributed by atoms with Crippen LogP contribution in [0.4, 0.5) is 0 Å². The minimum Gasteiger partial charge on any atom is -0.350 e. The molecular formula is C21H24N2O2. The van der Waals surface area contributed by atoms with Gasteiger partial charge in [-0.1, -0.05) is 49.4 Å². The molecule has 0 fully saturated rings. The van der Waals surface area contributed by atoms with Crippen LogP contribution in [0.1, 0.15) is 41.8 Å². The molecule has 2 N–H and O–H groups in total. The van der Waals surface area contributed by atoms with Gasteiger partial charge in [0, 0.05) is 24.2 Å². The van der Waals surface area contributed by atoms with Gasteiger partial charge in [-0.2, -0.15) is 0 Å². The number of amides is 2. The van der Waals surface area contributed by atoms with E-state index in [4.69, 9.17) is 0 Å². The number of hydrogen-bond acceptors (Lipinski definition) is 2. The second-order valence-electron chi connectivity index (χ2n) is 5.94. The summed E-state index contributed by atoms with van der Waals surface area (Å²) in [5.41, 5.74) is 2.55. The molecule has 0 aromatic heterocycles. The maximum absolute atomic E-state index is 12.0. The zero-order valence-corrected chi connectivity index (χ0v) is 14.7. The molecule has 25 heavy (non-hydrogen) atoms. The molecule has 0 bridgehead atoms. The van der Waals surface area contributed by atoms with Gasteiger partial charge in [0.05, 0.1) is 0 Å². The first-order chi connectivity index (χ1) is 12.1. The largest absolute Gasteiger partial charge is 0.350 e. The minimum absolute atomic E-state index is 0.0734. The molecule has 0 saturated carbocycles. The van der Waals surface area contributed by atoms with Crippen molar-refractivity contribution >= 4 is 17.9 Å². The first-order valence-corrected chi connectivity index (χ1v) is 8.49. The average molecular weight is 336 g/mol. The van der Waals surface area contributed by atoms with Crippen LogP contribution in [-0.4, -0.2) is 17.9 Å². The molecule has 0 aliphatic rings. The van der Waals surface area contributed by atoms with Crippen molar-refractivity contribution in [2.75, 3.05) is 0 Å². The van der Waals surface area contributed by atoms with Crippen LogP contribution in [0, 0.1) is 0 Å². The van der Waals surface area contributed by atoms with E-state index in [1.54, 1.807) is 18.2 Å². The van der Waals surface area contributed by atoms with E-state index in [2.05, 4.69) is 10.6 Å². The molecule has 2 rings (SSSR count). The summed E-state index contributed by atoms with van der Waals surface area (Å²) in [5.74, 6) is -0.224. The Labute approximate surface area is 149 Å². The number of carbonyl (C=O) groups is 2. The molecule has 0 aliphatic carbocycles. The van der Waals surface area contributed by atoms with Crippen molar-refractivity contribution < 1.29 is 9.59 Å². The SMILES string of the molecule is CCC(C)NC(=O)c1ccc(CNC(=O)C=Cc2ccccc2)cc1. The number of nitrogens with one attached hydrogen (secondary N) is 2. The summed E-state index contributed by atoms with van der Waals surface area (Å²) in [6.45, 7) is 4.43. The highest BCUT2D eigenvalue weighted by Crippen LogP contribution is 2.06. The van der Waals surface area contributed by atoms with E-state index in [1.165, 1.54) is 6.08 Å². The fourth-order valence-corrected chi connectivity index (χ4v) is 2.17. The van der Waals surface area contributed by atoms with Gasteiger partial charge < -0.3 is 10.6 Å². The van der Waals surface area contributed by atoms with Gasteiger partial charge in [-0.15, -0.1) is 0 Å². The van der Waals surface area contributed by atoms with Gasteiger partial charge in [0.15, 0.2) is 0 Å². The van der Waals surface area contributed by atoms with Crippen molar-refractivity contribution in [3.63, 3.8) is 0 Å². The van der Waals surface area contributed by atoms with Crippen LogP contribution in [0.2, 0.25) is 0 Å². The topological polar surface area (TPSA) is 58.2 Å². The van der Waals surface area contributed by atoms with Gasteiger partial charge in [-0.3, -0.25) is 9.59 Å². The molecule has 0 radical (unpaired) electrons. The number of carbonyl (C=O) groups excluding carboxylic acids is 2. The lowest BCUT2D eigenvalue weighted by molar-refractivity contribution is -0.116. The van der Waals surface area contributed by atoms with Crippen molar-refractivity contribution in [2.24, 2.45) is 0 Å². The zero-order chi connectivity index (χ0) is 18.1. The van der Waals surface area contributed by atoms with Crippen LogP contribution in [-0.2, 0) is 11.3 Å². The molecule has 0 spiro atoms. The molecule has 4 heteroatoms. The van der Waals surface area contributed by atoms with Crippen LogP contribution < -0.4 is 10.6 Å². The Kier molecular flexibility index (Phi) is 6.96. The highest BCUT2D eigenvalue weighted by atomic mass is 16.2. The lowest BCUT2D eigenvalue weighted by Gasteiger charge is -2.11. The Morgan fingerprint density at radius 3 is 2.36 bits per heavy atom. The monoisotopic (exact) mass is 336 g/mol. The van der Waals surface area contributed by atoms with Gasteiger partial charge in [0.1, 0.15) is 0 Å². The summed E-state index contributed by atoms with van der Waals surface area (Å²) in [6.07, 6.45) is 4.19. The molecular weight excluding hydrogens is 312 g/mol. The summed E-state index contributed by atoms with van der Waals surface area (Å²) in [4.78, 5) is 23.9. The van der Waals surface area contributed by atoms with E-state index in [9.17, 15) is 9.59 Å². The Balaban J connectivity index is 1.84. The first kappa shape index (κ1) is 18.5. The van der Waals surface area contributed by atoms with Crippen LogP contribution in [0.3, 0.4) is 0 Å². The molecule has 2 aromatic rings. The van der Waals surface area contributed by atoms with Gasteiger partial charge in [0.25, 0.3) is 5.91 Å². The molecule has 1 unspecified atom stereocenters. The second kappa shape index (κ2) is 9.42. The van der Waals surface area contributed by atoms with E-state index in [0.717, 1.165) is 17.5 Å². The lowest BCUT2D eigenvalue weighted by Crippen LogP contribution is -2.31. The van der Waals surface area contributed by atoms with E-state index < -0.39 is 0 Å². The highest BCUT2D eigenvalue weighted by molar-refractivity contribution is 5.94.